The summed E-state index contributed by atoms with van der Waals surface area (Å²) in [5.74, 6) is 0. The normalized spacial score (nSPS) is 10.2. The molecule has 2 rings (SSSR count). The SMILES string of the molecule is O=c1cc(Cl)nc(-c2ccc([N+](=O)[O-])cc2)s1. The van der Waals surface area contributed by atoms with E-state index in [1.54, 1.807) is 0 Å². The monoisotopic (exact) mass is 268 g/mol. The minimum absolute atomic E-state index is 0.0110. The van der Waals surface area contributed by atoms with Crippen molar-refractivity contribution in [1.82, 2.24) is 4.98 Å². The van der Waals surface area contributed by atoms with Crippen LogP contribution in [0.4, 0.5) is 5.69 Å². The highest BCUT2D eigenvalue weighted by atomic mass is 35.5. The maximum absolute atomic E-state index is 11.2. The Hall–Kier alpha value is -1.79. The van der Waals surface area contributed by atoms with Gasteiger partial charge >= 0.3 is 0 Å². The number of hydrogen-bond acceptors (Lipinski definition) is 5. The van der Waals surface area contributed by atoms with Crippen molar-refractivity contribution in [3.8, 4) is 10.6 Å². The summed E-state index contributed by atoms with van der Waals surface area (Å²) < 4.78 is -0.210. The Bertz CT molecular complexity index is 624. The molecular formula is C10H5ClN2O3S. The van der Waals surface area contributed by atoms with Gasteiger partial charge < -0.3 is 0 Å². The average molecular weight is 269 g/mol. The summed E-state index contributed by atoms with van der Waals surface area (Å²) in [6, 6.07) is 7.00. The average Bonchev–Trinajstić information content (AvgIpc) is 2.28. The van der Waals surface area contributed by atoms with Gasteiger partial charge in [0, 0.05) is 23.8 Å². The van der Waals surface area contributed by atoms with E-state index in [9.17, 15) is 14.9 Å². The molecule has 5 nitrogen and oxygen atoms in total. The van der Waals surface area contributed by atoms with Gasteiger partial charge in [-0.25, -0.2) is 4.98 Å². The Kier molecular flexibility index (Phi) is 3.16. The maximum atomic E-state index is 11.2. The number of non-ortho nitro benzene ring substituents is 1. The standard InChI is InChI=1S/C10H5ClN2O3S/c11-8-5-9(14)17-10(12-8)6-1-3-7(4-2-6)13(15)16/h1-5H. The van der Waals surface area contributed by atoms with Crippen LogP contribution in [0.5, 0.6) is 0 Å². The molecule has 0 unspecified atom stereocenters. The first kappa shape index (κ1) is 11.7. The van der Waals surface area contributed by atoms with E-state index in [1.165, 1.54) is 30.3 Å². The zero-order chi connectivity index (χ0) is 12.4. The summed E-state index contributed by atoms with van der Waals surface area (Å²) in [4.78, 5) is 25.2. The molecule has 7 heteroatoms. The van der Waals surface area contributed by atoms with Crippen LogP contribution in [0.1, 0.15) is 0 Å². The van der Waals surface area contributed by atoms with E-state index < -0.39 is 4.92 Å². The molecule has 0 amide bonds. The van der Waals surface area contributed by atoms with Crippen LogP contribution >= 0.6 is 22.9 Å². The number of rotatable bonds is 2. The van der Waals surface area contributed by atoms with E-state index in [4.69, 9.17) is 11.6 Å². The summed E-state index contributed by atoms with van der Waals surface area (Å²) in [7, 11) is 0. The van der Waals surface area contributed by atoms with Gasteiger partial charge in [0.05, 0.1) is 4.92 Å². The zero-order valence-corrected chi connectivity index (χ0v) is 9.86. The van der Waals surface area contributed by atoms with Crippen LogP contribution in [0.2, 0.25) is 5.15 Å². The molecule has 1 heterocycles. The highest BCUT2D eigenvalue weighted by Gasteiger charge is 2.07. The fourth-order valence-corrected chi connectivity index (χ4v) is 2.28. The van der Waals surface area contributed by atoms with Crippen LogP contribution < -0.4 is 4.74 Å². The molecule has 0 aliphatic heterocycles. The number of aromatic nitrogens is 1. The fourth-order valence-electron chi connectivity index (χ4n) is 1.22. The lowest BCUT2D eigenvalue weighted by Crippen LogP contribution is -1.95. The molecular weight excluding hydrogens is 264 g/mol. The van der Waals surface area contributed by atoms with Crippen LogP contribution in [0.15, 0.2) is 35.1 Å². The second-order valence-corrected chi connectivity index (χ2v) is 4.49. The van der Waals surface area contributed by atoms with E-state index in [-0.39, 0.29) is 15.6 Å². The smallest absolute Gasteiger partial charge is 0.269 e. The van der Waals surface area contributed by atoms with Crippen molar-refractivity contribution in [2.45, 2.75) is 0 Å². The van der Waals surface area contributed by atoms with E-state index in [0.29, 0.717) is 10.6 Å². The number of nitro benzene ring substituents is 1. The van der Waals surface area contributed by atoms with Crippen molar-refractivity contribution >= 4 is 28.6 Å². The van der Waals surface area contributed by atoms with Crippen molar-refractivity contribution in [3.63, 3.8) is 0 Å². The van der Waals surface area contributed by atoms with Crippen LogP contribution in [-0.2, 0) is 0 Å². The number of hydrogen-bond donors (Lipinski definition) is 0. The molecule has 2 aromatic rings. The van der Waals surface area contributed by atoms with Crippen molar-refractivity contribution in [2.75, 3.05) is 0 Å². The highest BCUT2D eigenvalue weighted by Crippen LogP contribution is 2.23. The lowest BCUT2D eigenvalue weighted by Gasteiger charge is -1.99. The third-order valence-corrected chi connectivity index (χ3v) is 3.00. The molecule has 0 saturated heterocycles. The predicted octanol–water partition coefficient (Wildman–Crippen LogP) is 2.73. The molecule has 0 aliphatic carbocycles. The molecule has 1 aromatic heterocycles. The van der Waals surface area contributed by atoms with Gasteiger partial charge in [0.25, 0.3) is 5.69 Å². The summed E-state index contributed by atoms with van der Waals surface area (Å²) >= 11 is 6.61. The van der Waals surface area contributed by atoms with Gasteiger partial charge in [-0.3, -0.25) is 14.9 Å². The third kappa shape index (κ3) is 2.66. The molecule has 1 aromatic carbocycles. The van der Waals surface area contributed by atoms with Crippen LogP contribution in [-0.4, -0.2) is 9.91 Å². The van der Waals surface area contributed by atoms with Crippen LogP contribution in [0.3, 0.4) is 0 Å². The first-order chi connectivity index (χ1) is 8.06. The van der Waals surface area contributed by atoms with Gasteiger partial charge in [-0.2, -0.15) is 0 Å². The molecule has 0 bridgehead atoms. The second kappa shape index (κ2) is 4.60. The molecule has 0 radical (unpaired) electrons. The van der Waals surface area contributed by atoms with Crippen molar-refractivity contribution < 1.29 is 4.92 Å². The Morgan fingerprint density at radius 3 is 2.47 bits per heavy atom. The summed E-state index contributed by atoms with van der Waals surface area (Å²) in [6.07, 6.45) is 0. The van der Waals surface area contributed by atoms with Crippen LogP contribution in [0, 0.1) is 10.1 Å². The Morgan fingerprint density at radius 1 is 1.29 bits per heavy atom. The summed E-state index contributed by atoms with van der Waals surface area (Å²) in [6.45, 7) is 0. The minimum Gasteiger partial charge on any atom is -0.278 e. The molecule has 0 saturated carbocycles. The number of benzene rings is 1. The molecule has 0 spiro atoms. The second-order valence-electron chi connectivity index (χ2n) is 3.11. The molecule has 0 aliphatic rings. The van der Waals surface area contributed by atoms with E-state index in [0.717, 1.165) is 11.3 Å². The molecule has 0 N–H and O–H groups in total. The van der Waals surface area contributed by atoms with Gasteiger partial charge in [0.1, 0.15) is 10.2 Å². The number of halogens is 1. The lowest BCUT2D eigenvalue weighted by molar-refractivity contribution is -0.384. The molecule has 17 heavy (non-hydrogen) atoms. The predicted molar refractivity (Wildman–Crippen MR) is 65.5 cm³/mol. The number of nitro groups is 1. The van der Waals surface area contributed by atoms with Crippen molar-refractivity contribution in [2.24, 2.45) is 0 Å². The zero-order valence-electron chi connectivity index (χ0n) is 8.29. The first-order valence-electron chi connectivity index (χ1n) is 4.49. The fraction of sp³-hybridized carbons (Fsp3) is 0. The van der Waals surface area contributed by atoms with E-state index in [1.807, 2.05) is 0 Å². The van der Waals surface area contributed by atoms with Gasteiger partial charge in [0.2, 0.25) is 4.74 Å². The number of nitrogens with zero attached hydrogens (tertiary/aromatic N) is 2. The van der Waals surface area contributed by atoms with E-state index >= 15 is 0 Å². The minimum atomic E-state index is -0.488. The third-order valence-electron chi connectivity index (χ3n) is 1.97. The van der Waals surface area contributed by atoms with Crippen LogP contribution in [0.25, 0.3) is 10.6 Å². The first-order valence-corrected chi connectivity index (χ1v) is 5.68. The molecule has 86 valence electrons. The lowest BCUT2D eigenvalue weighted by atomic mass is 10.2. The Balaban J connectivity index is 2.46. The largest absolute Gasteiger partial charge is 0.278 e. The van der Waals surface area contributed by atoms with Gasteiger partial charge in [-0.1, -0.05) is 22.9 Å². The molecule has 0 atom stereocenters. The topological polar surface area (TPSA) is 73.1 Å². The van der Waals surface area contributed by atoms with Gasteiger partial charge in [-0.05, 0) is 12.1 Å². The molecule has 0 fully saturated rings. The van der Waals surface area contributed by atoms with E-state index in [2.05, 4.69) is 4.98 Å². The Labute approximate surface area is 104 Å². The summed E-state index contributed by atoms with van der Waals surface area (Å²) in [5.41, 5.74) is 0.614. The quantitative estimate of drug-likeness (QED) is 0.620. The highest BCUT2D eigenvalue weighted by molar-refractivity contribution is 7.12. The van der Waals surface area contributed by atoms with Crippen molar-refractivity contribution in [1.29, 1.82) is 0 Å². The van der Waals surface area contributed by atoms with Crippen molar-refractivity contribution in [3.05, 3.63) is 55.1 Å². The Morgan fingerprint density at radius 2 is 1.94 bits per heavy atom. The van der Waals surface area contributed by atoms with Gasteiger partial charge in [0.15, 0.2) is 0 Å². The summed E-state index contributed by atoms with van der Waals surface area (Å²) in [5, 5.41) is 11.0. The van der Waals surface area contributed by atoms with Gasteiger partial charge in [-0.15, -0.1) is 0 Å². The maximum Gasteiger partial charge on any atom is 0.269 e.